The van der Waals surface area contributed by atoms with Gasteiger partial charge in [-0.1, -0.05) is 20.3 Å². The maximum atomic E-state index is 12.6. The predicted octanol–water partition coefficient (Wildman–Crippen LogP) is 3.75. The van der Waals surface area contributed by atoms with Gasteiger partial charge in [0.15, 0.2) is 0 Å². The average molecular weight is 345 g/mol. The zero-order valence-corrected chi connectivity index (χ0v) is 16.3. The molecule has 0 aliphatic heterocycles. The Bertz CT molecular complexity index is 433. The van der Waals surface area contributed by atoms with E-state index in [0.29, 0.717) is 6.42 Å². The molecule has 0 N–H and O–H groups in total. The van der Waals surface area contributed by atoms with Crippen LogP contribution in [0, 0.1) is 5.92 Å². The summed E-state index contributed by atoms with van der Waals surface area (Å²) in [5.74, 6) is -1.02. The van der Waals surface area contributed by atoms with Crippen LogP contribution in [0.15, 0.2) is 0 Å². The number of nitrogens with zero attached hydrogens (tertiary/aromatic N) is 1. The first-order chi connectivity index (χ1) is 10.7. The summed E-state index contributed by atoms with van der Waals surface area (Å²) < 4.78 is 15.3. The second kappa shape index (κ2) is 8.35. The third-order valence-corrected chi connectivity index (χ3v) is 3.08. The molecule has 2 amide bonds. The molecule has 0 saturated heterocycles. The van der Waals surface area contributed by atoms with Crippen molar-refractivity contribution in [3.63, 3.8) is 0 Å². The molecule has 7 nitrogen and oxygen atoms in total. The van der Waals surface area contributed by atoms with Crippen molar-refractivity contribution in [3.05, 3.63) is 0 Å². The minimum absolute atomic E-state index is 0.322. The monoisotopic (exact) mass is 345 g/mol. The topological polar surface area (TPSA) is 82.1 Å². The lowest BCUT2D eigenvalue weighted by atomic mass is 9.98. The highest BCUT2D eigenvalue weighted by atomic mass is 16.6. The quantitative estimate of drug-likeness (QED) is 0.570. The van der Waals surface area contributed by atoms with Gasteiger partial charge < -0.3 is 14.2 Å². The molecule has 0 aromatic heterocycles. The second-order valence-electron chi connectivity index (χ2n) is 7.68. The molecule has 0 unspecified atom stereocenters. The Labute approximate surface area is 144 Å². The Hall–Kier alpha value is -1.79. The fourth-order valence-electron chi connectivity index (χ4n) is 1.86. The zero-order valence-electron chi connectivity index (χ0n) is 16.3. The van der Waals surface area contributed by atoms with Gasteiger partial charge in [-0.15, -0.1) is 0 Å². The Morgan fingerprint density at radius 1 is 0.917 bits per heavy atom. The van der Waals surface area contributed by atoms with E-state index in [4.69, 9.17) is 14.2 Å². The van der Waals surface area contributed by atoms with Gasteiger partial charge in [0.2, 0.25) is 0 Å². The van der Waals surface area contributed by atoms with Crippen LogP contribution in [0.25, 0.3) is 0 Å². The highest BCUT2D eigenvalue weighted by molar-refractivity contribution is 5.94. The van der Waals surface area contributed by atoms with E-state index in [-0.39, 0.29) is 5.92 Å². The van der Waals surface area contributed by atoms with E-state index in [1.165, 1.54) is 7.11 Å². The smallest absolute Gasteiger partial charge is 0.420 e. The van der Waals surface area contributed by atoms with E-state index in [9.17, 15) is 14.4 Å². The zero-order chi connectivity index (χ0) is 19.3. The lowest BCUT2D eigenvalue weighted by molar-refractivity contribution is -0.148. The van der Waals surface area contributed by atoms with E-state index in [0.717, 1.165) is 4.90 Å². The normalized spacial score (nSPS) is 14.4. The van der Waals surface area contributed by atoms with E-state index in [1.807, 2.05) is 6.92 Å². The number of carbonyl (C=O) groups excluding carboxylic acids is 3. The number of esters is 1. The lowest BCUT2D eigenvalue weighted by Gasteiger charge is -2.34. The van der Waals surface area contributed by atoms with Gasteiger partial charge in [-0.3, -0.25) is 0 Å². The molecule has 140 valence electrons. The van der Waals surface area contributed by atoms with Crippen LogP contribution in [0.4, 0.5) is 9.59 Å². The van der Waals surface area contributed by atoms with E-state index < -0.39 is 35.4 Å². The van der Waals surface area contributed by atoms with Crippen molar-refractivity contribution in [2.24, 2.45) is 5.92 Å². The van der Waals surface area contributed by atoms with Crippen molar-refractivity contribution in [2.75, 3.05) is 7.11 Å². The van der Waals surface area contributed by atoms with Gasteiger partial charge in [0.05, 0.1) is 7.11 Å². The van der Waals surface area contributed by atoms with Crippen LogP contribution in [-0.2, 0) is 19.0 Å². The molecule has 0 rings (SSSR count). The summed E-state index contributed by atoms with van der Waals surface area (Å²) in [7, 11) is 1.21. The largest absolute Gasteiger partial charge is 0.467 e. The summed E-state index contributed by atoms with van der Waals surface area (Å²) in [5, 5.41) is 0. The second-order valence-corrected chi connectivity index (χ2v) is 7.68. The first-order valence-electron chi connectivity index (χ1n) is 8.06. The molecule has 2 atom stereocenters. The van der Waals surface area contributed by atoms with Gasteiger partial charge >= 0.3 is 18.2 Å². The maximum Gasteiger partial charge on any atom is 0.420 e. The summed E-state index contributed by atoms with van der Waals surface area (Å²) in [5.41, 5.74) is -1.65. The molecule has 0 fully saturated rings. The number of hydrogen-bond donors (Lipinski definition) is 0. The SMILES string of the molecule is CC[C@H](C)[C@@H](C(=O)OC)N(C(=O)OC(C)(C)C)C(=O)OC(C)(C)C. The van der Waals surface area contributed by atoms with Crippen LogP contribution < -0.4 is 0 Å². The molecule has 0 bridgehead atoms. The first-order valence-corrected chi connectivity index (χ1v) is 8.06. The Kier molecular flexibility index (Phi) is 7.73. The van der Waals surface area contributed by atoms with Gasteiger partial charge in [0, 0.05) is 0 Å². The fourth-order valence-corrected chi connectivity index (χ4v) is 1.86. The van der Waals surface area contributed by atoms with E-state index in [1.54, 1.807) is 48.5 Å². The molecule has 0 spiro atoms. The van der Waals surface area contributed by atoms with Crippen molar-refractivity contribution < 1.29 is 28.6 Å². The predicted molar refractivity (Wildman–Crippen MR) is 89.6 cm³/mol. The van der Waals surface area contributed by atoms with Crippen LogP contribution in [0.1, 0.15) is 61.8 Å². The molecular formula is C17H31NO6. The van der Waals surface area contributed by atoms with Crippen molar-refractivity contribution >= 4 is 18.2 Å². The van der Waals surface area contributed by atoms with E-state index >= 15 is 0 Å². The molecule has 0 aromatic rings. The number of rotatable bonds is 4. The summed E-state index contributed by atoms with van der Waals surface area (Å²) in [6, 6.07) is -1.12. The molecule has 0 saturated carbocycles. The van der Waals surface area contributed by atoms with Crippen molar-refractivity contribution in [3.8, 4) is 0 Å². The number of imide groups is 1. The molecule has 7 heteroatoms. The summed E-state index contributed by atoms with van der Waals surface area (Å²) in [4.78, 5) is 38.1. The molecule has 0 aromatic carbocycles. The minimum Gasteiger partial charge on any atom is -0.467 e. The van der Waals surface area contributed by atoms with Crippen LogP contribution in [0.3, 0.4) is 0 Å². The van der Waals surface area contributed by atoms with Crippen molar-refractivity contribution in [1.82, 2.24) is 4.90 Å². The number of ether oxygens (including phenoxy) is 3. The fraction of sp³-hybridized carbons (Fsp3) is 0.824. The Morgan fingerprint density at radius 2 is 1.29 bits per heavy atom. The van der Waals surface area contributed by atoms with Gasteiger partial charge in [-0.2, -0.15) is 4.90 Å². The molecule has 0 radical (unpaired) electrons. The third kappa shape index (κ3) is 7.19. The van der Waals surface area contributed by atoms with E-state index in [2.05, 4.69) is 0 Å². The minimum atomic E-state index is -1.12. The average Bonchev–Trinajstić information content (AvgIpc) is 2.38. The molecular weight excluding hydrogens is 314 g/mol. The van der Waals surface area contributed by atoms with Crippen LogP contribution in [0.5, 0.6) is 0 Å². The maximum absolute atomic E-state index is 12.6. The first kappa shape index (κ1) is 22.2. The van der Waals surface area contributed by atoms with Gasteiger partial charge in [-0.05, 0) is 47.5 Å². The molecule has 24 heavy (non-hydrogen) atoms. The lowest BCUT2D eigenvalue weighted by Crippen LogP contribution is -2.54. The van der Waals surface area contributed by atoms with Gasteiger partial charge in [-0.25, -0.2) is 14.4 Å². The van der Waals surface area contributed by atoms with Crippen LogP contribution >= 0.6 is 0 Å². The standard InChI is InChI=1S/C17H31NO6/c1-10-11(2)12(13(19)22-9)18(14(20)23-16(3,4)5)15(21)24-17(6,7)8/h11-12H,10H2,1-9H3/t11-,12-/m0/s1. The third-order valence-electron chi connectivity index (χ3n) is 3.08. The molecule has 0 heterocycles. The summed E-state index contributed by atoms with van der Waals surface area (Å²) in [6.07, 6.45) is -1.32. The number of amides is 2. The number of hydrogen-bond acceptors (Lipinski definition) is 6. The van der Waals surface area contributed by atoms with Crippen LogP contribution in [0.2, 0.25) is 0 Å². The van der Waals surface area contributed by atoms with Crippen LogP contribution in [-0.4, -0.2) is 47.4 Å². The highest BCUT2D eigenvalue weighted by Gasteiger charge is 2.43. The summed E-state index contributed by atoms with van der Waals surface area (Å²) >= 11 is 0. The summed E-state index contributed by atoms with van der Waals surface area (Å²) in [6.45, 7) is 13.7. The van der Waals surface area contributed by atoms with Crippen molar-refractivity contribution in [1.29, 1.82) is 0 Å². The number of carbonyl (C=O) groups is 3. The molecule has 0 aliphatic carbocycles. The highest BCUT2D eigenvalue weighted by Crippen LogP contribution is 2.22. The number of methoxy groups -OCH3 is 1. The molecule has 0 aliphatic rings. The Balaban J connectivity index is 5.84. The Morgan fingerprint density at radius 3 is 1.54 bits per heavy atom. The van der Waals surface area contributed by atoms with Crippen molar-refractivity contribution in [2.45, 2.75) is 79.1 Å². The van der Waals surface area contributed by atoms with Gasteiger partial charge in [0.25, 0.3) is 0 Å². The van der Waals surface area contributed by atoms with Gasteiger partial charge in [0.1, 0.15) is 17.2 Å².